The van der Waals surface area contributed by atoms with E-state index in [2.05, 4.69) is 5.32 Å². The second kappa shape index (κ2) is 9.72. The molecule has 1 fully saturated rings. The highest BCUT2D eigenvalue weighted by atomic mass is 16.6. The molecule has 0 bridgehead atoms. The molecule has 0 saturated carbocycles. The molecule has 9 heteroatoms. The Hall–Kier alpha value is -3.88. The first-order valence-electron chi connectivity index (χ1n) is 10.5. The van der Waals surface area contributed by atoms with Crippen LogP contribution in [0.2, 0.25) is 0 Å². The summed E-state index contributed by atoms with van der Waals surface area (Å²) in [5, 5.41) is 2.89. The first kappa shape index (κ1) is 22.3. The maximum Gasteiger partial charge on any atom is 0.244 e. The van der Waals surface area contributed by atoms with E-state index in [1.165, 1.54) is 27.4 Å². The summed E-state index contributed by atoms with van der Waals surface area (Å²) in [5.74, 6) is 2.38. The van der Waals surface area contributed by atoms with Crippen LogP contribution in [0.4, 0.5) is 5.69 Å². The second-order valence-corrected chi connectivity index (χ2v) is 7.53. The van der Waals surface area contributed by atoms with Gasteiger partial charge in [-0.1, -0.05) is 0 Å². The average molecular weight is 454 g/mol. The Morgan fingerprint density at radius 3 is 2.39 bits per heavy atom. The van der Waals surface area contributed by atoms with Crippen LogP contribution in [0.15, 0.2) is 36.4 Å². The summed E-state index contributed by atoms with van der Waals surface area (Å²) in [6.45, 7) is 1.36. The number of carbonyl (C=O) groups is 2. The third-order valence-corrected chi connectivity index (χ3v) is 5.42. The van der Waals surface area contributed by atoms with Crippen molar-refractivity contribution in [3.8, 4) is 28.7 Å². The smallest absolute Gasteiger partial charge is 0.244 e. The average Bonchev–Trinajstić information content (AvgIpc) is 3.21. The van der Waals surface area contributed by atoms with Crippen LogP contribution in [-0.4, -0.2) is 58.9 Å². The fourth-order valence-corrected chi connectivity index (χ4v) is 3.87. The standard InChI is InChI=1S/C24H26N2O7/c1-29-20-10-15(11-21(30-2)24(20)31-3)4-7-22(27)25-16-12-23(28)26(14-16)17-5-6-18-19(13-17)33-9-8-32-18/h4-7,10-11,13,16H,8-9,12,14H2,1-3H3,(H,25,27)/b7-4+/t16-/m1/s1. The summed E-state index contributed by atoms with van der Waals surface area (Å²) in [5.41, 5.74) is 1.43. The van der Waals surface area contributed by atoms with E-state index in [1.54, 1.807) is 35.2 Å². The maximum atomic E-state index is 12.6. The van der Waals surface area contributed by atoms with E-state index in [-0.39, 0.29) is 24.3 Å². The van der Waals surface area contributed by atoms with Crippen molar-refractivity contribution < 1.29 is 33.3 Å². The molecule has 0 aliphatic carbocycles. The van der Waals surface area contributed by atoms with E-state index in [0.717, 1.165) is 0 Å². The number of nitrogens with one attached hydrogen (secondary N) is 1. The Morgan fingerprint density at radius 1 is 1.03 bits per heavy atom. The molecule has 1 N–H and O–H groups in total. The van der Waals surface area contributed by atoms with Crippen molar-refractivity contribution in [2.45, 2.75) is 12.5 Å². The number of nitrogens with zero attached hydrogens (tertiary/aromatic N) is 1. The number of ether oxygens (including phenoxy) is 5. The summed E-state index contributed by atoms with van der Waals surface area (Å²) in [7, 11) is 4.59. The lowest BCUT2D eigenvalue weighted by molar-refractivity contribution is -0.117. The number of fused-ring (bicyclic) bond motifs is 1. The van der Waals surface area contributed by atoms with Crippen LogP contribution in [-0.2, 0) is 9.59 Å². The predicted octanol–water partition coefficient (Wildman–Crippen LogP) is 2.42. The molecule has 1 saturated heterocycles. The number of carbonyl (C=O) groups excluding carboxylic acids is 2. The molecule has 4 rings (SSSR count). The van der Waals surface area contributed by atoms with Gasteiger partial charge in [-0.3, -0.25) is 9.59 Å². The van der Waals surface area contributed by atoms with E-state index in [1.807, 2.05) is 6.07 Å². The van der Waals surface area contributed by atoms with Gasteiger partial charge in [0.05, 0.1) is 27.4 Å². The summed E-state index contributed by atoms with van der Waals surface area (Å²) in [4.78, 5) is 26.7. The molecule has 0 spiro atoms. The van der Waals surface area contributed by atoms with Gasteiger partial charge in [0.2, 0.25) is 17.6 Å². The Morgan fingerprint density at radius 2 is 1.73 bits per heavy atom. The molecule has 33 heavy (non-hydrogen) atoms. The molecule has 174 valence electrons. The van der Waals surface area contributed by atoms with E-state index in [0.29, 0.717) is 59.8 Å². The zero-order chi connectivity index (χ0) is 23.4. The van der Waals surface area contributed by atoms with Gasteiger partial charge >= 0.3 is 0 Å². The number of hydrogen-bond donors (Lipinski definition) is 1. The second-order valence-electron chi connectivity index (χ2n) is 7.53. The van der Waals surface area contributed by atoms with Crippen LogP contribution < -0.4 is 33.9 Å². The zero-order valence-electron chi connectivity index (χ0n) is 18.8. The molecule has 2 aromatic carbocycles. The van der Waals surface area contributed by atoms with Crippen LogP contribution in [0.3, 0.4) is 0 Å². The van der Waals surface area contributed by atoms with Crippen LogP contribution in [0, 0.1) is 0 Å². The summed E-state index contributed by atoms with van der Waals surface area (Å²) < 4.78 is 27.1. The highest BCUT2D eigenvalue weighted by molar-refractivity contribution is 5.98. The van der Waals surface area contributed by atoms with Gasteiger partial charge in [-0.15, -0.1) is 0 Å². The lowest BCUT2D eigenvalue weighted by Crippen LogP contribution is -2.36. The molecule has 2 aromatic rings. The third-order valence-electron chi connectivity index (χ3n) is 5.42. The van der Waals surface area contributed by atoms with Gasteiger partial charge in [0.1, 0.15) is 13.2 Å². The number of benzene rings is 2. The van der Waals surface area contributed by atoms with E-state index in [4.69, 9.17) is 23.7 Å². The molecular weight excluding hydrogens is 428 g/mol. The lowest BCUT2D eigenvalue weighted by atomic mass is 10.1. The summed E-state index contributed by atoms with van der Waals surface area (Å²) in [6.07, 6.45) is 3.28. The quantitative estimate of drug-likeness (QED) is 0.642. The SMILES string of the molecule is COc1cc(/C=C/C(=O)N[C@@H]2CC(=O)N(c3ccc4c(c3)OCCO4)C2)cc(OC)c1OC. The van der Waals surface area contributed by atoms with Crippen molar-refractivity contribution >= 4 is 23.6 Å². The van der Waals surface area contributed by atoms with Gasteiger partial charge in [0.15, 0.2) is 23.0 Å². The maximum absolute atomic E-state index is 12.6. The molecule has 2 heterocycles. The Kier molecular flexibility index (Phi) is 6.58. The normalized spacial score (nSPS) is 17.2. The molecular formula is C24H26N2O7. The van der Waals surface area contributed by atoms with Crippen molar-refractivity contribution in [2.24, 2.45) is 0 Å². The molecule has 1 atom stereocenters. The predicted molar refractivity (Wildman–Crippen MR) is 121 cm³/mol. The number of anilines is 1. The Bertz CT molecular complexity index is 1060. The number of methoxy groups -OCH3 is 3. The first-order chi connectivity index (χ1) is 16.0. The summed E-state index contributed by atoms with van der Waals surface area (Å²) >= 11 is 0. The van der Waals surface area contributed by atoms with E-state index < -0.39 is 0 Å². The van der Waals surface area contributed by atoms with Gasteiger partial charge in [-0.05, 0) is 35.9 Å². The minimum atomic E-state index is -0.303. The number of rotatable bonds is 7. The van der Waals surface area contributed by atoms with Gasteiger partial charge in [-0.25, -0.2) is 0 Å². The van der Waals surface area contributed by atoms with Crippen LogP contribution >= 0.6 is 0 Å². The van der Waals surface area contributed by atoms with Crippen molar-refractivity contribution in [3.05, 3.63) is 42.0 Å². The third kappa shape index (κ3) is 4.82. The number of hydrogen-bond acceptors (Lipinski definition) is 7. The van der Waals surface area contributed by atoms with Crippen molar-refractivity contribution in [2.75, 3.05) is 46.0 Å². The molecule has 9 nitrogen and oxygen atoms in total. The molecule has 0 unspecified atom stereocenters. The molecule has 2 aliphatic rings. The molecule has 2 aliphatic heterocycles. The van der Waals surface area contributed by atoms with Crippen molar-refractivity contribution in [1.82, 2.24) is 5.32 Å². The topological polar surface area (TPSA) is 95.6 Å². The fourth-order valence-electron chi connectivity index (χ4n) is 3.87. The molecule has 0 radical (unpaired) electrons. The molecule has 0 aromatic heterocycles. The largest absolute Gasteiger partial charge is 0.493 e. The highest BCUT2D eigenvalue weighted by Gasteiger charge is 2.32. The van der Waals surface area contributed by atoms with Crippen LogP contribution in [0.25, 0.3) is 6.08 Å². The van der Waals surface area contributed by atoms with Gasteiger partial charge < -0.3 is 33.9 Å². The highest BCUT2D eigenvalue weighted by Crippen LogP contribution is 2.38. The Balaban J connectivity index is 1.40. The van der Waals surface area contributed by atoms with Crippen molar-refractivity contribution in [1.29, 1.82) is 0 Å². The van der Waals surface area contributed by atoms with E-state index >= 15 is 0 Å². The minimum absolute atomic E-state index is 0.0643. The molecule has 2 amide bonds. The van der Waals surface area contributed by atoms with Crippen LogP contribution in [0.1, 0.15) is 12.0 Å². The lowest BCUT2D eigenvalue weighted by Gasteiger charge is -2.22. The first-order valence-corrected chi connectivity index (χ1v) is 10.5. The summed E-state index contributed by atoms with van der Waals surface area (Å²) in [6, 6.07) is 8.59. The van der Waals surface area contributed by atoms with Crippen LogP contribution in [0.5, 0.6) is 28.7 Å². The number of amides is 2. The zero-order valence-corrected chi connectivity index (χ0v) is 18.8. The minimum Gasteiger partial charge on any atom is -0.493 e. The van der Waals surface area contributed by atoms with Gasteiger partial charge in [-0.2, -0.15) is 0 Å². The monoisotopic (exact) mass is 454 g/mol. The van der Waals surface area contributed by atoms with E-state index in [9.17, 15) is 9.59 Å². The van der Waals surface area contributed by atoms with Crippen molar-refractivity contribution in [3.63, 3.8) is 0 Å². The van der Waals surface area contributed by atoms with Gasteiger partial charge in [0.25, 0.3) is 0 Å². The Labute approximate surface area is 191 Å². The fraction of sp³-hybridized carbons (Fsp3) is 0.333. The van der Waals surface area contributed by atoms with Gasteiger partial charge in [0, 0.05) is 30.8 Å².